The number of halogens is 3. The number of nitrogens with zero attached hydrogens (tertiary/aromatic N) is 6. The molecule has 116 valence electrons. The average Bonchev–Trinajstić information content (AvgIpc) is 3.01. The van der Waals surface area contributed by atoms with Gasteiger partial charge in [-0.05, 0) is 19.1 Å². The van der Waals surface area contributed by atoms with Crippen LogP contribution in [-0.2, 0) is 0 Å². The smallest absolute Gasteiger partial charge is 0.383 e. The number of hydrazone groups is 1. The molecule has 0 amide bonds. The lowest BCUT2D eigenvalue weighted by atomic mass is 9.96. The van der Waals surface area contributed by atoms with Gasteiger partial charge in [-0.15, -0.1) is 15.3 Å². The Kier molecular flexibility index (Phi) is 3.09. The molecule has 3 heterocycles. The van der Waals surface area contributed by atoms with Gasteiger partial charge < -0.3 is 5.11 Å². The summed E-state index contributed by atoms with van der Waals surface area (Å²) in [6, 6.07) is 3.00. The topological polar surface area (TPSA) is 103 Å². The van der Waals surface area contributed by atoms with Crippen LogP contribution in [0.2, 0.25) is 0 Å². The van der Waals surface area contributed by atoms with Gasteiger partial charge in [0.2, 0.25) is 0 Å². The van der Waals surface area contributed by atoms with Crippen LogP contribution in [0, 0.1) is 11.3 Å². The van der Waals surface area contributed by atoms with E-state index in [1.54, 1.807) is 6.07 Å². The molecule has 0 unspecified atom stereocenters. The molecule has 1 aliphatic heterocycles. The van der Waals surface area contributed by atoms with Gasteiger partial charge in [0.15, 0.2) is 17.6 Å². The highest BCUT2D eigenvalue weighted by Crippen LogP contribution is 2.32. The van der Waals surface area contributed by atoms with Crippen molar-refractivity contribution in [2.45, 2.75) is 19.2 Å². The van der Waals surface area contributed by atoms with Crippen molar-refractivity contribution in [2.24, 2.45) is 11.0 Å². The van der Waals surface area contributed by atoms with Crippen molar-refractivity contribution in [1.82, 2.24) is 19.8 Å². The SMILES string of the molecule is CC1=NN(c2ccc3nncn3n2)C(=N)[C@H]1[C@H](O)C(F)(F)F. The Hall–Kier alpha value is -2.56. The van der Waals surface area contributed by atoms with Crippen molar-refractivity contribution in [2.75, 3.05) is 5.01 Å². The zero-order valence-electron chi connectivity index (χ0n) is 11.2. The van der Waals surface area contributed by atoms with Crippen LogP contribution in [0.4, 0.5) is 19.0 Å². The summed E-state index contributed by atoms with van der Waals surface area (Å²) in [4.78, 5) is 0. The second-order valence-corrected chi connectivity index (χ2v) is 4.73. The van der Waals surface area contributed by atoms with Crippen LogP contribution in [0.5, 0.6) is 0 Å². The highest BCUT2D eigenvalue weighted by atomic mass is 19.4. The van der Waals surface area contributed by atoms with E-state index < -0.39 is 24.0 Å². The molecule has 0 radical (unpaired) electrons. The Balaban J connectivity index is 1.95. The lowest BCUT2D eigenvalue weighted by Gasteiger charge is -2.22. The van der Waals surface area contributed by atoms with Crippen molar-refractivity contribution in [1.29, 1.82) is 5.41 Å². The van der Waals surface area contributed by atoms with Gasteiger partial charge in [0.1, 0.15) is 12.2 Å². The summed E-state index contributed by atoms with van der Waals surface area (Å²) in [7, 11) is 0. The molecule has 0 aliphatic carbocycles. The highest BCUT2D eigenvalue weighted by Gasteiger charge is 2.50. The fourth-order valence-electron chi connectivity index (χ4n) is 2.18. The standard InChI is InChI=1S/C11H10F3N7O/c1-5-8(9(22)11(12,13)14)10(15)21(18-5)7-3-2-6-17-16-4-20(6)19-7/h2-4,8-9,15,22H,1H3/t8-,9+/m1/s1. The van der Waals surface area contributed by atoms with E-state index in [1.165, 1.54) is 23.8 Å². The first-order chi connectivity index (χ1) is 10.3. The largest absolute Gasteiger partial charge is 0.415 e. The van der Waals surface area contributed by atoms with E-state index >= 15 is 0 Å². The minimum Gasteiger partial charge on any atom is -0.383 e. The third kappa shape index (κ3) is 2.19. The lowest BCUT2D eigenvalue weighted by molar-refractivity contribution is -0.207. The molecule has 0 spiro atoms. The van der Waals surface area contributed by atoms with Gasteiger partial charge in [0, 0.05) is 5.71 Å². The molecule has 3 rings (SSSR count). The second kappa shape index (κ2) is 4.73. The fourth-order valence-corrected chi connectivity index (χ4v) is 2.18. The normalized spacial score (nSPS) is 20.6. The van der Waals surface area contributed by atoms with Gasteiger partial charge in [0.25, 0.3) is 0 Å². The number of fused-ring (bicyclic) bond motifs is 1. The maximum Gasteiger partial charge on any atom is 0.415 e. The van der Waals surface area contributed by atoms with Crippen molar-refractivity contribution in [3.63, 3.8) is 0 Å². The molecule has 0 fully saturated rings. The van der Waals surface area contributed by atoms with Crippen molar-refractivity contribution < 1.29 is 18.3 Å². The number of amidine groups is 1. The zero-order chi connectivity index (χ0) is 16.1. The van der Waals surface area contributed by atoms with E-state index in [9.17, 15) is 18.3 Å². The van der Waals surface area contributed by atoms with Crippen molar-refractivity contribution in [3.8, 4) is 0 Å². The van der Waals surface area contributed by atoms with Crippen molar-refractivity contribution in [3.05, 3.63) is 18.5 Å². The van der Waals surface area contributed by atoms with E-state index in [2.05, 4.69) is 20.4 Å². The first kappa shape index (κ1) is 14.4. The van der Waals surface area contributed by atoms with E-state index in [4.69, 9.17) is 5.41 Å². The van der Waals surface area contributed by atoms with Crippen LogP contribution in [0.15, 0.2) is 23.6 Å². The minimum atomic E-state index is -4.84. The highest BCUT2D eigenvalue weighted by molar-refractivity contribution is 6.16. The number of aliphatic hydroxyl groups excluding tert-OH is 1. The molecular weight excluding hydrogens is 303 g/mol. The summed E-state index contributed by atoms with van der Waals surface area (Å²) < 4.78 is 39.4. The molecule has 11 heteroatoms. The number of aromatic nitrogens is 4. The molecule has 0 aromatic carbocycles. The minimum absolute atomic E-state index is 0.0134. The second-order valence-electron chi connectivity index (χ2n) is 4.73. The molecule has 0 saturated heterocycles. The maximum atomic E-state index is 12.7. The molecule has 2 atom stereocenters. The lowest BCUT2D eigenvalue weighted by Crippen LogP contribution is -2.43. The molecule has 1 aliphatic rings. The van der Waals surface area contributed by atoms with Gasteiger partial charge in [-0.25, -0.2) is 0 Å². The molecule has 0 bridgehead atoms. The molecule has 0 saturated carbocycles. The summed E-state index contributed by atoms with van der Waals surface area (Å²) >= 11 is 0. The Morgan fingerprint density at radius 1 is 1.36 bits per heavy atom. The molecule has 2 aromatic rings. The van der Waals surface area contributed by atoms with E-state index in [1.807, 2.05) is 0 Å². The molecule has 2 N–H and O–H groups in total. The third-order valence-electron chi connectivity index (χ3n) is 3.25. The van der Waals surface area contributed by atoms with Crippen LogP contribution in [0.1, 0.15) is 6.92 Å². The molecule has 8 nitrogen and oxygen atoms in total. The van der Waals surface area contributed by atoms with Gasteiger partial charge >= 0.3 is 6.18 Å². The molecule has 22 heavy (non-hydrogen) atoms. The van der Waals surface area contributed by atoms with Crippen LogP contribution >= 0.6 is 0 Å². The number of rotatable bonds is 2. The van der Waals surface area contributed by atoms with Gasteiger partial charge in [-0.1, -0.05) is 0 Å². The number of hydrogen-bond acceptors (Lipinski definition) is 6. The first-order valence-corrected chi connectivity index (χ1v) is 6.14. The molecular formula is C11H10F3N7O. The Bertz CT molecular complexity index is 768. The van der Waals surface area contributed by atoms with Gasteiger partial charge in [-0.2, -0.15) is 27.8 Å². The number of anilines is 1. The van der Waals surface area contributed by atoms with Crippen LogP contribution in [0.3, 0.4) is 0 Å². The van der Waals surface area contributed by atoms with E-state index in [0.29, 0.717) is 5.65 Å². The average molecular weight is 313 g/mol. The van der Waals surface area contributed by atoms with E-state index in [-0.39, 0.29) is 11.5 Å². The quantitative estimate of drug-likeness (QED) is 0.855. The van der Waals surface area contributed by atoms with E-state index in [0.717, 1.165) is 5.01 Å². The Morgan fingerprint density at radius 3 is 2.77 bits per heavy atom. The van der Waals surface area contributed by atoms with Crippen LogP contribution < -0.4 is 5.01 Å². The first-order valence-electron chi connectivity index (χ1n) is 6.14. The Morgan fingerprint density at radius 2 is 2.09 bits per heavy atom. The summed E-state index contributed by atoms with van der Waals surface area (Å²) in [5, 5.41) is 33.6. The number of hydrogen-bond donors (Lipinski definition) is 2. The third-order valence-corrected chi connectivity index (χ3v) is 3.25. The number of aliphatic hydroxyl groups is 1. The molecule has 2 aromatic heterocycles. The summed E-state index contributed by atoms with van der Waals surface area (Å²) in [5.41, 5.74) is 0.433. The van der Waals surface area contributed by atoms with Gasteiger partial charge in [0.05, 0.1) is 5.92 Å². The van der Waals surface area contributed by atoms with Crippen LogP contribution in [0.25, 0.3) is 5.65 Å². The Labute approximate surface area is 121 Å². The monoisotopic (exact) mass is 313 g/mol. The predicted molar refractivity (Wildman–Crippen MR) is 69.6 cm³/mol. The van der Waals surface area contributed by atoms with Crippen molar-refractivity contribution >= 4 is 23.0 Å². The van der Waals surface area contributed by atoms with Gasteiger partial charge in [-0.3, -0.25) is 5.41 Å². The number of alkyl halides is 3. The zero-order valence-corrected chi connectivity index (χ0v) is 11.2. The number of nitrogens with one attached hydrogen (secondary N) is 1. The maximum absolute atomic E-state index is 12.7. The summed E-state index contributed by atoms with van der Waals surface area (Å²) in [6.07, 6.45) is -6.21. The fraction of sp³-hybridized carbons (Fsp3) is 0.364. The predicted octanol–water partition coefficient (Wildman–Crippen LogP) is 0.837. The summed E-state index contributed by atoms with van der Waals surface area (Å²) in [6.45, 7) is 1.32. The summed E-state index contributed by atoms with van der Waals surface area (Å²) in [5.74, 6) is -1.92. The van der Waals surface area contributed by atoms with Crippen LogP contribution in [-0.4, -0.2) is 48.7 Å².